The predicted octanol–water partition coefficient (Wildman–Crippen LogP) is 8.91. The Hall–Kier alpha value is -2.01. The van der Waals surface area contributed by atoms with Crippen molar-refractivity contribution in [3.05, 3.63) is 91.0 Å². The minimum absolute atomic E-state index is 0.245. The van der Waals surface area contributed by atoms with E-state index in [4.69, 9.17) is 0 Å². The molecule has 222 valence electrons. The molecule has 0 spiro atoms. The summed E-state index contributed by atoms with van der Waals surface area (Å²) in [7, 11) is -1.84. The van der Waals surface area contributed by atoms with Gasteiger partial charge in [0.1, 0.15) is 0 Å². The normalized spacial score (nSPS) is 12.2. The average molecular weight is 591 g/mol. The highest BCUT2D eigenvalue weighted by atomic mass is 31.2. The number of hydrogen-bond acceptors (Lipinski definition) is 1. The number of unbranched alkanes of at least 4 members (excludes halogenated alkanes) is 9. The van der Waals surface area contributed by atoms with E-state index < -0.39 is 15.2 Å². The minimum atomic E-state index is -1.39. The Morgan fingerprint density at radius 2 is 1.15 bits per heavy atom. The highest BCUT2D eigenvalue weighted by Crippen LogP contribution is 2.56. The van der Waals surface area contributed by atoms with Crippen molar-refractivity contribution in [1.29, 1.82) is 0 Å². The van der Waals surface area contributed by atoms with Gasteiger partial charge in [-0.05, 0) is 68.3 Å². The van der Waals surface area contributed by atoms with Crippen molar-refractivity contribution < 1.29 is 4.79 Å². The molecule has 3 aromatic carbocycles. The predicted molar refractivity (Wildman–Crippen MR) is 187 cm³/mol. The van der Waals surface area contributed by atoms with Crippen molar-refractivity contribution in [3.8, 4) is 0 Å². The van der Waals surface area contributed by atoms with Gasteiger partial charge in [0.2, 0.25) is 5.91 Å². The summed E-state index contributed by atoms with van der Waals surface area (Å²) in [4.78, 5) is 12.9. The third kappa shape index (κ3) is 11.7. The number of nitrogens with one attached hydrogen (secondary N) is 1. The number of benzene rings is 3. The van der Waals surface area contributed by atoms with Crippen LogP contribution in [0.4, 0.5) is 0 Å². The van der Waals surface area contributed by atoms with Crippen LogP contribution in [0.1, 0.15) is 84.5 Å². The number of rotatable bonds is 21. The van der Waals surface area contributed by atoms with Crippen molar-refractivity contribution >= 4 is 37.0 Å². The van der Waals surface area contributed by atoms with Crippen LogP contribution >= 0.6 is 15.2 Å². The summed E-state index contributed by atoms with van der Waals surface area (Å²) in [6.07, 6.45) is 18.3. The second kappa shape index (κ2) is 20.0. The molecule has 0 radical (unpaired) electrons. The third-order valence-corrected chi connectivity index (χ3v) is 15.6. The lowest BCUT2D eigenvalue weighted by Crippen LogP contribution is -2.28. The van der Waals surface area contributed by atoms with Crippen molar-refractivity contribution in [2.45, 2.75) is 84.5 Å². The van der Waals surface area contributed by atoms with Gasteiger partial charge in [-0.2, -0.15) is 0 Å². The average Bonchev–Trinajstić information content (AvgIpc) is 3.03. The summed E-state index contributed by atoms with van der Waals surface area (Å²) < 4.78 is 0. The molecule has 2 nitrogen and oxygen atoms in total. The molecule has 1 unspecified atom stereocenters. The van der Waals surface area contributed by atoms with Gasteiger partial charge in [-0.3, -0.25) is 4.79 Å². The van der Waals surface area contributed by atoms with Gasteiger partial charge in [-0.1, -0.05) is 127 Å². The maximum atomic E-state index is 12.9. The largest absolute Gasteiger partial charge is 0.356 e. The Morgan fingerprint density at radius 1 is 0.634 bits per heavy atom. The zero-order valence-corrected chi connectivity index (χ0v) is 27.6. The molecule has 0 heterocycles. The molecule has 0 fully saturated rings. The Bertz CT molecular complexity index is 1030. The molecule has 3 aromatic rings. The van der Waals surface area contributed by atoms with E-state index in [9.17, 15) is 4.79 Å². The van der Waals surface area contributed by atoms with Crippen LogP contribution in [-0.4, -0.2) is 37.1 Å². The monoisotopic (exact) mass is 590 g/mol. The maximum Gasteiger partial charge on any atom is 0.224 e. The lowest BCUT2D eigenvalue weighted by Gasteiger charge is -2.26. The fourth-order valence-electron chi connectivity index (χ4n) is 5.87. The minimum Gasteiger partial charge on any atom is -0.356 e. The molecule has 0 aliphatic rings. The smallest absolute Gasteiger partial charge is 0.224 e. The maximum absolute atomic E-state index is 12.9. The molecule has 0 saturated heterocycles. The van der Waals surface area contributed by atoms with Gasteiger partial charge < -0.3 is 5.32 Å². The third-order valence-electron chi connectivity index (χ3n) is 8.32. The number of hydrogen-bond donors (Lipinski definition) is 1. The van der Waals surface area contributed by atoms with Crippen molar-refractivity contribution in [3.63, 3.8) is 0 Å². The summed E-state index contributed by atoms with van der Waals surface area (Å²) in [5.41, 5.74) is 0. The van der Waals surface area contributed by atoms with Crippen LogP contribution in [-0.2, 0) is 4.79 Å². The lowest BCUT2D eigenvalue weighted by atomic mass is 10.1. The van der Waals surface area contributed by atoms with Gasteiger partial charge in [-0.25, -0.2) is 0 Å². The van der Waals surface area contributed by atoms with Crippen molar-refractivity contribution in [1.82, 2.24) is 5.32 Å². The molecule has 0 bridgehead atoms. The van der Waals surface area contributed by atoms with Gasteiger partial charge in [0.05, 0.1) is 36.4 Å². The second-order valence-electron chi connectivity index (χ2n) is 11.3. The topological polar surface area (TPSA) is 29.1 Å². The van der Waals surface area contributed by atoms with E-state index in [1.165, 1.54) is 81.8 Å². The Balaban J connectivity index is 1.46. The van der Waals surface area contributed by atoms with E-state index in [1.54, 1.807) is 10.6 Å². The number of amides is 1. The molecule has 4 heteroatoms. The molecule has 0 aromatic heterocycles. The summed E-state index contributed by atoms with van der Waals surface area (Å²) in [6, 6.07) is 33.3. The summed E-state index contributed by atoms with van der Waals surface area (Å²) >= 11 is 0. The fourth-order valence-corrected chi connectivity index (χ4v) is 12.2. The van der Waals surface area contributed by atoms with Crippen molar-refractivity contribution in [2.75, 3.05) is 31.2 Å². The first-order chi connectivity index (χ1) is 20.2. The van der Waals surface area contributed by atoms with Crippen LogP contribution in [0.2, 0.25) is 0 Å². The summed E-state index contributed by atoms with van der Waals surface area (Å²) in [5.74, 6) is 0.245. The quantitative estimate of drug-likeness (QED) is 0.0974. The SMILES string of the molecule is CCCCCCCCCNC(=O)CP(CCCCCC[P+](CC)(c1ccccc1)c1ccccc1)c1ccccc1. The fraction of sp³-hybridized carbons (Fsp3) is 0.486. The highest BCUT2D eigenvalue weighted by Gasteiger charge is 2.39. The van der Waals surface area contributed by atoms with E-state index >= 15 is 0 Å². The standard InChI is InChI=1S/C37H53NOP2/c1-3-5-6-7-8-9-21-30-38-37(39)33-40(34-24-15-12-16-25-34)31-22-10-11-23-32-41(4-2,35-26-17-13-18-27-35)36-28-19-14-20-29-36/h12-20,24-29H,3-11,21-23,30-33H2,1-2H3/p+1. The molecule has 0 aliphatic carbocycles. The number of carbonyl (C=O) groups is 1. The Kier molecular flexibility index (Phi) is 16.3. The molecule has 0 saturated carbocycles. The molecule has 41 heavy (non-hydrogen) atoms. The zero-order chi connectivity index (χ0) is 29.0. The van der Waals surface area contributed by atoms with E-state index in [1.807, 2.05) is 0 Å². The first-order valence-electron chi connectivity index (χ1n) is 16.2. The van der Waals surface area contributed by atoms with E-state index in [-0.39, 0.29) is 5.91 Å². The lowest BCUT2D eigenvalue weighted by molar-refractivity contribution is -0.118. The second-order valence-corrected chi connectivity index (χ2v) is 17.7. The molecular weight excluding hydrogens is 536 g/mol. The molecular formula is C37H54NOP2+. The highest BCUT2D eigenvalue weighted by molar-refractivity contribution is 7.89. The van der Waals surface area contributed by atoms with Crippen LogP contribution in [0.5, 0.6) is 0 Å². The summed E-state index contributed by atoms with van der Waals surface area (Å²) in [6.45, 7) is 5.48. The van der Waals surface area contributed by atoms with Crippen LogP contribution in [0.25, 0.3) is 0 Å². The van der Waals surface area contributed by atoms with Crippen molar-refractivity contribution in [2.24, 2.45) is 0 Å². The summed E-state index contributed by atoms with van der Waals surface area (Å²) in [5, 5.41) is 7.69. The van der Waals surface area contributed by atoms with Crippen LogP contribution in [0, 0.1) is 0 Å². The molecule has 1 atom stereocenters. The van der Waals surface area contributed by atoms with Gasteiger partial charge in [-0.15, -0.1) is 0 Å². The Morgan fingerprint density at radius 3 is 1.73 bits per heavy atom. The van der Waals surface area contributed by atoms with Crippen LogP contribution in [0.15, 0.2) is 91.0 Å². The van der Waals surface area contributed by atoms with E-state index in [2.05, 4.69) is 110 Å². The molecule has 1 amide bonds. The zero-order valence-electron chi connectivity index (χ0n) is 25.8. The van der Waals surface area contributed by atoms with Gasteiger partial charge in [0.15, 0.2) is 0 Å². The first-order valence-corrected chi connectivity index (χ1v) is 20.1. The molecule has 0 aliphatic heterocycles. The van der Waals surface area contributed by atoms with Crippen LogP contribution in [0.3, 0.4) is 0 Å². The number of carbonyl (C=O) groups excluding carboxylic acids is 1. The van der Waals surface area contributed by atoms with Gasteiger partial charge >= 0.3 is 0 Å². The van der Waals surface area contributed by atoms with Crippen LogP contribution < -0.4 is 21.2 Å². The van der Waals surface area contributed by atoms with E-state index in [0.29, 0.717) is 6.16 Å². The van der Waals surface area contributed by atoms with Gasteiger partial charge in [0.25, 0.3) is 0 Å². The first kappa shape index (κ1) is 33.5. The molecule has 1 N–H and O–H groups in total. The van der Waals surface area contributed by atoms with E-state index in [0.717, 1.165) is 19.1 Å². The molecule has 3 rings (SSSR count). The Labute approximate surface area is 253 Å². The van der Waals surface area contributed by atoms with Gasteiger partial charge in [0, 0.05) is 6.54 Å².